The highest BCUT2D eigenvalue weighted by atomic mass is 32.2. The van der Waals surface area contributed by atoms with Crippen LogP contribution in [0.4, 0.5) is 0 Å². The quantitative estimate of drug-likeness (QED) is 0.378. The predicted molar refractivity (Wildman–Crippen MR) is 137 cm³/mol. The van der Waals surface area contributed by atoms with Gasteiger partial charge in [-0.25, -0.2) is 0 Å². The molecule has 0 aliphatic carbocycles. The first-order chi connectivity index (χ1) is 13.5. The van der Waals surface area contributed by atoms with Gasteiger partial charge in [-0.1, -0.05) is 17.7 Å². The Morgan fingerprint density at radius 1 is 0.679 bits per heavy atom. The van der Waals surface area contributed by atoms with Crippen LogP contribution < -0.4 is 0 Å². The lowest BCUT2D eigenvalue weighted by Gasteiger charge is -2.25. The fraction of sp³-hybridized carbons (Fsp3) is 0.714. The Kier molecular flexibility index (Phi) is 15.2. The molecule has 0 bridgehead atoms. The molecule has 0 amide bonds. The van der Waals surface area contributed by atoms with E-state index in [0.29, 0.717) is 5.75 Å². The van der Waals surface area contributed by atoms with Crippen molar-refractivity contribution in [3.05, 3.63) is 28.8 Å². The van der Waals surface area contributed by atoms with Crippen LogP contribution in [-0.2, 0) is 13.1 Å². The molecule has 0 saturated carbocycles. The summed E-state index contributed by atoms with van der Waals surface area (Å²) in [5.41, 5.74) is 3.39. The summed E-state index contributed by atoms with van der Waals surface area (Å²) in [5, 5.41) is 11.0. The highest BCUT2D eigenvalue weighted by Crippen LogP contribution is 2.27. The van der Waals surface area contributed by atoms with Crippen LogP contribution in [0.2, 0.25) is 0 Å². The zero-order chi connectivity index (χ0) is 20.8. The number of nitrogens with zero attached hydrogens (tertiary/aromatic N) is 2. The Morgan fingerprint density at radius 2 is 1.00 bits per heavy atom. The summed E-state index contributed by atoms with van der Waals surface area (Å²) in [6.45, 7) is 8.08. The van der Waals surface area contributed by atoms with Gasteiger partial charge in [-0.2, -0.15) is 47.0 Å². The Hall–Kier alpha value is 0.340. The van der Waals surface area contributed by atoms with E-state index in [1.54, 1.807) is 0 Å². The fourth-order valence-corrected chi connectivity index (χ4v) is 4.84. The van der Waals surface area contributed by atoms with E-state index in [1.165, 1.54) is 5.56 Å². The molecule has 0 fully saturated rings. The van der Waals surface area contributed by atoms with Crippen molar-refractivity contribution in [2.24, 2.45) is 0 Å². The topological polar surface area (TPSA) is 26.7 Å². The summed E-state index contributed by atoms with van der Waals surface area (Å²) in [7, 11) is 0. The monoisotopic (exact) mass is 462 g/mol. The van der Waals surface area contributed by atoms with Crippen LogP contribution in [0.3, 0.4) is 0 Å². The second-order valence-electron chi connectivity index (χ2n) is 6.96. The van der Waals surface area contributed by atoms with E-state index in [9.17, 15) is 5.11 Å². The Balaban J connectivity index is 2.94. The minimum Gasteiger partial charge on any atom is -0.507 e. The lowest BCUT2D eigenvalue weighted by Crippen LogP contribution is -2.29. The molecule has 162 valence electrons. The molecule has 0 aromatic heterocycles. The highest BCUT2D eigenvalue weighted by Gasteiger charge is 2.15. The van der Waals surface area contributed by atoms with Crippen LogP contribution in [0.15, 0.2) is 12.1 Å². The van der Waals surface area contributed by atoms with Crippen molar-refractivity contribution >= 4 is 47.0 Å². The summed E-state index contributed by atoms with van der Waals surface area (Å²) < 4.78 is 0. The van der Waals surface area contributed by atoms with Gasteiger partial charge in [-0.3, -0.25) is 9.80 Å². The molecule has 0 aliphatic heterocycles. The van der Waals surface area contributed by atoms with Crippen molar-refractivity contribution in [1.82, 2.24) is 9.80 Å². The third-order valence-corrected chi connectivity index (χ3v) is 7.01. The minimum atomic E-state index is 0.502. The van der Waals surface area contributed by atoms with Crippen LogP contribution in [-0.4, -0.2) is 89.1 Å². The number of aromatic hydroxyl groups is 1. The molecular weight excluding hydrogens is 425 g/mol. The molecule has 1 rings (SSSR count). The van der Waals surface area contributed by atoms with Gasteiger partial charge in [0.15, 0.2) is 0 Å². The van der Waals surface area contributed by atoms with E-state index in [4.69, 9.17) is 0 Å². The molecule has 7 heteroatoms. The summed E-state index contributed by atoms with van der Waals surface area (Å²) in [4.78, 5) is 4.95. The molecule has 28 heavy (non-hydrogen) atoms. The number of aryl methyl sites for hydroxylation is 1. The SMILES string of the molecule is CSCCN(CCSC)Cc1cc(C)cc(CN(CCSC)CCSC)c1O. The number of hydrogen-bond acceptors (Lipinski definition) is 7. The van der Waals surface area contributed by atoms with E-state index < -0.39 is 0 Å². The van der Waals surface area contributed by atoms with Gasteiger partial charge in [0.05, 0.1) is 0 Å². The van der Waals surface area contributed by atoms with Crippen molar-refractivity contribution in [2.75, 3.05) is 74.2 Å². The number of phenols is 1. The molecule has 0 radical (unpaired) electrons. The molecule has 0 saturated heterocycles. The number of rotatable bonds is 16. The number of phenolic OH excluding ortho intramolecular Hbond substituents is 1. The summed E-state index contributed by atoms with van der Waals surface area (Å²) in [6.07, 6.45) is 8.64. The lowest BCUT2D eigenvalue weighted by atomic mass is 10.0. The average molecular weight is 463 g/mol. The van der Waals surface area contributed by atoms with Gasteiger partial charge in [0, 0.05) is 73.4 Å². The maximum Gasteiger partial charge on any atom is 0.124 e. The Morgan fingerprint density at radius 3 is 1.29 bits per heavy atom. The van der Waals surface area contributed by atoms with Crippen LogP contribution in [0, 0.1) is 6.92 Å². The number of thioether (sulfide) groups is 4. The maximum absolute atomic E-state index is 11.0. The summed E-state index contributed by atoms with van der Waals surface area (Å²) in [6, 6.07) is 4.33. The van der Waals surface area contributed by atoms with E-state index in [-0.39, 0.29) is 0 Å². The predicted octanol–water partition coefficient (Wildman–Crippen LogP) is 4.76. The van der Waals surface area contributed by atoms with Gasteiger partial charge < -0.3 is 5.11 Å². The van der Waals surface area contributed by atoms with Crippen LogP contribution in [0.5, 0.6) is 5.75 Å². The zero-order valence-corrected chi connectivity index (χ0v) is 21.5. The molecule has 0 heterocycles. The lowest BCUT2D eigenvalue weighted by molar-refractivity contribution is 0.286. The first-order valence-electron chi connectivity index (χ1n) is 9.77. The van der Waals surface area contributed by atoms with Crippen molar-refractivity contribution in [3.8, 4) is 5.75 Å². The van der Waals surface area contributed by atoms with E-state index >= 15 is 0 Å². The summed E-state index contributed by atoms with van der Waals surface area (Å²) in [5.74, 6) is 5.02. The summed E-state index contributed by atoms with van der Waals surface area (Å²) >= 11 is 7.55. The molecule has 0 spiro atoms. The normalized spacial score (nSPS) is 11.7. The zero-order valence-electron chi connectivity index (χ0n) is 18.2. The van der Waals surface area contributed by atoms with Crippen molar-refractivity contribution in [1.29, 1.82) is 0 Å². The van der Waals surface area contributed by atoms with Crippen LogP contribution >= 0.6 is 47.0 Å². The maximum atomic E-state index is 11.0. The first-order valence-corrected chi connectivity index (χ1v) is 15.3. The Labute approximate surface area is 190 Å². The molecule has 1 N–H and O–H groups in total. The van der Waals surface area contributed by atoms with Crippen molar-refractivity contribution < 1.29 is 5.11 Å². The van der Waals surface area contributed by atoms with Gasteiger partial charge in [0.1, 0.15) is 5.75 Å². The molecule has 0 atom stereocenters. The third kappa shape index (κ3) is 10.4. The molecule has 1 aromatic rings. The van der Waals surface area contributed by atoms with Crippen molar-refractivity contribution in [2.45, 2.75) is 20.0 Å². The number of hydrogen-bond donors (Lipinski definition) is 1. The second kappa shape index (κ2) is 16.1. The van der Waals surface area contributed by atoms with Gasteiger partial charge in [-0.15, -0.1) is 0 Å². The fourth-order valence-electron chi connectivity index (χ4n) is 3.08. The van der Waals surface area contributed by atoms with E-state index in [1.807, 2.05) is 47.0 Å². The van der Waals surface area contributed by atoms with Gasteiger partial charge >= 0.3 is 0 Å². The third-order valence-electron chi connectivity index (χ3n) is 4.65. The minimum absolute atomic E-state index is 0.502. The molecule has 0 aliphatic rings. The molecule has 3 nitrogen and oxygen atoms in total. The second-order valence-corrected chi connectivity index (χ2v) is 10.9. The van der Waals surface area contributed by atoms with Crippen LogP contribution in [0.25, 0.3) is 0 Å². The molecule has 1 aromatic carbocycles. The van der Waals surface area contributed by atoms with Gasteiger partial charge in [-0.05, 0) is 31.9 Å². The molecular formula is C21H38N2OS4. The van der Waals surface area contributed by atoms with Crippen LogP contribution in [0.1, 0.15) is 16.7 Å². The van der Waals surface area contributed by atoms with E-state index in [0.717, 1.165) is 73.4 Å². The standard InChI is InChI=1S/C21H38N2OS4/c1-18-14-19(16-22(6-10-25-2)7-11-26-3)21(24)20(15-18)17-23(8-12-27-4)9-13-28-5/h14-15,24H,6-13,16-17H2,1-5H3. The largest absolute Gasteiger partial charge is 0.507 e. The van der Waals surface area contributed by atoms with Gasteiger partial charge in [0.2, 0.25) is 0 Å². The van der Waals surface area contributed by atoms with Crippen molar-refractivity contribution in [3.63, 3.8) is 0 Å². The smallest absolute Gasteiger partial charge is 0.124 e. The molecule has 0 unspecified atom stereocenters. The van der Waals surface area contributed by atoms with E-state index in [2.05, 4.69) is 53.9 Å². The number of benzene rings is 1. The van der Waals surface area contributed by atoms with Gasteiger partial charge in [0.25, 0.3) is 0 Å². The highest BCUT2D eigenvalue weighted by molar-refractivity contribution is 7.99. The average Bonchev–Trinajstić information content (AvgIpc) is 2.69. The first kappa shape index (κ1) is 26.4. The Bertz CT molecular complexity index is 486.